The molecule has 0 spiro atoms. The van der Waals surface area contributed by atoms with Crippen LogP contribution in [0.25, 0.3) is 5.76 Å². The highest BCUT2D eigenvalue weighted by Crippen LogP contribution is 2.42. The number of Topliss-reactive ketones (excluding diaryl/α,β-unsaturated/α-hetero) is 1. The first-order valence-corrected chi connectivity index (χ1v) is 10.6. The van der Waals surface area contributed by atoms with E-state index in [4.69, 9.17) is 9.47 Å². The number of hydrogen-bond acceptors (Lipinski definition) is 6. The van der Waals surface area contributed by atoms with Crippen molar-refractivity contribution in [2.75, 3.05) is 26.9 Å². The van der Waals surface area contributed by atoms with Gasteiger partial charge in [0.25, 0.3) is 11.7 Å². The van der Waals surface area contributed by atoms with E-state index < -0.39 is 17.7 Å². The molecule has 2 N–H and O–H groups in total. The van der Waals surface area contributed by atoms with Crippen molar-refractivity contribution < 1.29 is 29.3 Å². The van der Waals surface area contributed by atoms with E-state index in [0.717, 1.165) is 11.1 Å². The number of amides is 1. The summed E-state index contributed by atoms with van der Waals surface area (Å²) in [6, 6.07) is 9.47. The fourth-order valence-corrected chi connectivity index (χ4v) is 3.94. The fourth-order valence-electron chi connectivity index (χ4n) is 3.94. The summed E-state index contributed by atoms with van der Waals surface area (Å²) >= 11 is 0. The van der Waals surface area contributed by atoms with Crippen LogP contribution in [0.2, 0.25) is 0 Å². The van der Waals surface area contributed by atoms with Gasteiger partial charge in [-0.1, -0.05) is 23.8 Å². The molecule has 3 rings (SSSR count). The van der Waals surface area contributed by atoms with Crippen LogP contribution in [0.1, 0.15) is 41.6 Å². The molecule has 1 aliphatic heterocycles. The van der Waals surface area contributed by atoms with E-state index in [0.29, 0.717) is 30.8 Å². The monoisotopic (exact) mass is 439 g/mol. The number of likely N-dealkylation sites (tertiary alicyclic amines) is 1. The number of carbonyl (C=O) groups is 2. The third kappa shape index (κ3) is 4.48. The molecular weight excluding hydrogens is 410 g/mol. The summed E-state index contributed by atoms with van der Waals surface area (Å²) in [5.41, 5.74) is 2.81. The number of phenolic OH excluding ortho intramolecular Hbond substituents is 1. The van der Waals surface area contributed by atoms with Crippen LogP contribution in [-0.4, -0.2) is 53.7 Å². The molecule has 170 valence electrons. The molecule has 7 nitrogen and oxygen atoms in total. The van der Waals surface area contributed by atoms with Gasteiger partial charge in [-0.2, -0.15) is 0 Å². The normalized spacial score (nSPS) is 17.8. The summed E-state index contributed by atoms with van der Waals surface area (Å²) in [6.07, 6.45) is 0.528. The van der Waals surface area contributed by atoms with Crippen molar-refractivity contribution in [1.82, 2.24) is 4.90 Å². The molecule has 7 heteroatoms. The first-order chi connectivity index (χ1) is 15.3. The third-order valence-corrected chi connectivity index (χ3v) is 5.54. The third-order valence-electron chi connectivity index (χ3n) is 5.54. The van der Waals surface area contributed by atoms with Crippen molar-refractivity contribution in [3.8, 4) is 11.5 Å². The maximum absolute atomic E-state index is 13.1. The molecule has 2 aromatic carbocycles. The SMILES string of the molecule is CCOc1cc(C2/C(=C(\O)c3cc(C)ccc3C)C(=O)C(=O)N2CCCOC)ccc1O. The van der Waals surface area contributed by atoms with E-state index in [-0.39, 0.29) is 29.4 Å². The zero-order chi connectivity index (χ0) is 23.4. The van der Waals surface area contributed by atoms with Crippen molar-refractivity contribution in [2.45, 2.75) is 33.2 Å². The molecular formula is C25H29NO6. The second-order valence-electron chi connectivity index (χ2n) is 7.82. The Bertz CT molecular complexity index is 1060. The lowest BCUT2D eigenvalue weighted by Crippen LogP contribution is -2.31. The number of rotatable bonds is 8. The van der Waals surface area contributed by atoms with Gasteiger partial charge in [-0.05, 0) is 56.5 Å². The van der Waals surface area contributed by atoms with Gasteiger partial charge in [-0.3, -0.25) is 9.59 Å². The van der Waals surface area contributed by atoms with Gasteiger partial charge in [-0.15, -0.1) is 0 Å². The van der Waals surface area contributed by atoms with E-state index in [1.165, 1.54) is 11.0 Å². The summed E-state index contributed by atoms with van der Waals surface area (Å²) in [5, 5.41) is 21.4. The van der Waals surface area contributed by atoms with Crippen LogP contribution in [0, 0.1) is 13.8 Å². The van der Waals surface area contributed by atoms with Crippen LogP contribution in [0.15, 0.2) is 42.0 Å². The highest BCUT2D eigenvalue weighted by Gasteiger charge is 2.46. The average Bonchev–Trinajstić information content (AvgIpc) is 3.02. The number of carbonyl (C=O) groups excluding carboxylic acids is 2. The first-order valence-electron chi connectivity index (χ1n) is 10.6. The lowest BCUT2D eigenvalue weighted by atomic mass is 9.93. The number of ketones is 1. The van der Waals surface area contributed by atoms with E-state index in [1.807, 2.05) is 26.0 Å². The van der Waals surface area contributed by atoms with Crippen LogP contribution >= 0.6 is 0 Å². The summed E-state index contributed by atoms with van der Waals surface area (Å²) in [7, 11) is 1.57. The Balaban J connectivity index is 2.20. The molecule has 1 aliphatic rings. The lowest BCUT2D eigenvalue weighted by Gasteiger charge is -2.26. The van der Waals surface area contributed by atoms with Gasteiger partial charge in [0.1, 0.15) is 5.76 Å². The molecule has 0 radical (unpaired) electrons. The van der Waals surface area contributed by atoms with E-state index in [1.54, 1.807) is 32.2 Å². The number of aryl methyl sites for hydroxylation is 2. The zero-order valence-electron chi connectivity index (χ0n) is 18.8. The van der Waals surface area contributed by atoms with Crippen LogP contribution in [0.5, 0.6) is 11.5 Å². The molecule has 0 bridgehead atoms. The molecule has 1 saturated heterocycles. The van der Waals surface area contributed by atoms with Crippen molar-refractivity contribution in [2.24, 2.45) is 0 Å². The van der Waals surface area contributed by atoms with Crippen LogP contribution in [0.4, 0.5) is 0 Å². The Hall–Kier alpha value is -3.32. The van der Waals surface area contributed by atoms with Gasteiger partial charge >= 0.3 is 0 Å². The van der Waals surface area contributed by atoms with Crippen LogP contribution < -0.4 is 4.74 Å². The topological polar surface area (TPSA) is 96.3 Å². The van der Waals surface area contributed by atoms with E-state index in [2.05, 4.69) is 0 Å². The molecule has 0 saturated carbocycles. The van der Waals surface area contributed by atoms with Gasteiger partial charge in [0.05, 0.1) is 18.2 Å². The molecule has 2 aromatic rings. The average molecular weight is 440 g/mol. The highest BCUT2D eigenvalue weighted by atomic mass is 16.5. The number of nitrogens with zero attached hydrogens (tertiary/aromatic N) is 1. The number of methoxy groups -OCH3 is 1. The predicted molar refractivity (Wildman–Crippen MR) is 121 cm³/mol. The largest absolute Gasteiger partial charge is 0.507 e. The fraction of sp³-hybridized carbons (Fsp3) is 0.360. The molecule has 1 heterocycles. The zero-order valence-corrected chi connectivity index (χ0v) is 18.8. The highest BCUT2D eigenvalue weighted by molar-refractivity contribution is 6.46. The number of ether oxygens (including phenoxy) is 2. The standard InChI is InChI=1S/C25H29NO6/c1-5-32-20-14-17(9-10-19(20)27)22-21(23(28)18-13-15(2)7-8-16(18)3)24(29)25(30)26(22)11-6-12-31-4/h7-10,13-14,22,27-28H,5-6,11-12H2,1-4H3/b23-21+. The minimum Gasteiger partial charge on any atom is -0.507 e. The Morgan fingerprint density at radius 1 is 1.12 bits per heavy atom. The van der Waals surface area contributed by atoms with Crippen molar-refractivity contribution in [1.29, 1.82) is 0 Å². The quantitative estimate of drug-likeness (QED) is 0.281. The molecule has 1 fully saturated rings. The lowest BCUT2D eigenvalue weighted by molar-refractivity contribution is -0.140. The summed E-state index contributed by atoms with van der Waals surface area (Å²) in [4.78, 5) is 27.5. The number of aromatic hydroxyl groups is 1. The number of benzene rings is 2. The Morgan fingerprint density at radius 3 is 2.56 bits per heavy atom. The number of hydrogen-bond donors (Lipinski definition) is 2. The molecule has 32 heavy (non-hydrogen) atoms. The number of aliphatic hydroxyl groups is 1. The molecule has 1 amide bonds. The van der Waals surface area contributed by atoms with Gasteiger partial charge < -0.3 is 24.6 Å². The minimum absolute atomic E-state index is 0.0225. The molecule has 0 aliphatic carbocycles. The molecule has 1 unspecified atom stereocenters. The summed E-state index contributed by atoms with van der Waals surface area (Å²) < 4.78 is 10.6. The van der Waals surface area contributed by atoms with Crippen LogP contribution in [-0.2, 0) is 14.3 Å². The van der Waals surface area contributed by atoms with Gasteiger partial charge in [0.2, 0.25) is 0 Å². The Kier molecular flexibility index (Phi) is 7.20. The van der Waals surface area contributed by atoms with Crippen molar-refractivity contribution >= 4 is 17.4 Å². The second kappa shape index (κ2) is 9.87. The maximum atomic E-state index is 13.1. The Morgan fingerprint density at radius 2 is 1.88 bits per heavy atom. The smallest absolute Gasteiger partial charge is 0.295 e. The summed E-state index contributed by atoms with van der Waals surface area (Å²) in [5.74, 6) is -1.42. The molecule has 1 atom stereocenters. The van der Waals surface area contributed by atoms with Gasteiger partial charge in [0.15, 0.2) is 11.5 Å². The number of aliphatic hydroxyl groups excluding tert-OH is 1. The predicted octanol–water partition coefficient (Wildman–Crippen LogP) is 3.87. The van der Waals surface area contributed by atoms with E-state index in [9.17, 15) is 19.8 Å². The first kappa shape index (κ1) is 23.3. The Labute approximate surface area is 187 Å². The minimum atomic E-state index is -0.813. The molecule has 0 aromatic heterocycles. The maximum Gasteiger partial charge on any atom is 0.295 e. The second-order valence-corrected chi connectivity index (χ2v) is 7.82. The van der Waals surface area contributed by atoms with Crippen molar-refractivity contribution in [3.05, 3.63) is 64.2 Å². The van der Waals surface area contributed by atoms with Gasteiger partial charge in [-0.25, -0.2) is 0 Å². The van der Waals surface area contributed by atoms with Gasteiger partial charge in [0, 0.05) is 25.8 Å². The summed E-state index contributed by atoms with van der Waals surface area (Å²) in [6.45, 7) is 6.57. The number of phenols is 1. The van der Waals surface area contributed by atoms with Crippen molar-refractivity contribution in [3.63, 3.8) is 0 Å². The van der Waals surface area contributed by atoms with Crippen LogP contribution in [0.3, 0.4) is 0 Å². The van der Waals surface area contributed by atoms with E-state index >= 15 is 0 Å².